The number of benzene rings is 2. The van der Waals surface area contributed by atoms with Crippen LogP contribution in [0.2, 0.25) is 0 Å². The van der Waals surface area contributed by atoms with Crippen LogP contribution in [-0.2, 0) is 5.41 Å². The number of H-pyrrole nitrogens is 1. The number of methoxy groups -OCH3 is 2. The second kappa shape index (κ2) is 8.82. The first-order chi connectivity index (χ1) is 14.3. The SMILES string of the molecule is COc1ccc(-c2cc(C(=O)NN=Cc3ccc(C(C)(C)C)cc3)[nH]n2)c(OC)c1. The first-order valence-corrected chi connectivity index (χ1v) is 9.53. The van der Waals surface area contributed by atoms with Crippen molar-refractivity contribution in [2.45, 2.75) is 26.2 Å². The molecule has 1 heterocycles. The highest BCUT2D eigenvalue weighted by molar-refractivity contribution is 5.94. The molecule has 7 nitrogen and oxygen atoms in total. The van der Waals surface area contributed by atoms with Gasteiger partial charge in [0.15, 0.2) is 0 Å². The Bertz CT molecular complexity index is 1050. The van der Waals surface area contributed by atoms with Crippen molar-refractivity contribution in [2.24, 2.45) is 5.10 Å². The summed E-state index contributed by atoms with van der Waals surface area (Å²) in [6, 6.07) is 15.1. The summed E-state index contributed by atoms with van der Waals surface area (Å²) in [6.45, 7) is 6.49. The van der Waals surface area contributed by atoms with Gasteiger partial charge in [0, 0.05) is 11.6 Å². The molecule has 0 aliphatic rings. The molecule has 3 rings (SSSR count). The molecule has 1 amide bonds. The molecular formula is C23H26N4O3. The van der Waals surface area contributed by atoms with Crippen molar-refractivity contribution < 1.29 is 14.3 Å². The number of hydrogen-bond donors (Lipinski definition) is 2. The molecule has 0 spiro atoms. The molecule has 0 saturated carbocycles. The molecule has 156 valence electrons. The lowest BCUT2D eigenvalue weighted by molar-refractivity contribution is 0.0950. The largest absolute Gasteiger partial charge is 0.497 e. The molecule has 0 unspecified atom stereocenters. The van der Waals surface area contributed by atoms with Gasteiger partial charge in [-0.25, -0.2) is 5.43 Å². The van der Waals surface area contributed by atoms with Crippen LogP contribution in [0.25, 0.3) is 11.3 Å². The summed E-state index contributed by atoms with van der Waals surface area (Å²) >= 11 is 0. The first kappa shape index (κ1) is 21.1. The third-order valence-corrected chi connectivity index (χ3v) is 4.66. The maximum atomic E-state index is 12.4. The third-order valence-electron chi connectivity index (χ3n) is 4.66. The summed E-state index contributed by atoms with van der Waals surface area (Å²) in [5.41, 5.74) is 6.37. The molecule has 0 aliphatic heterocycles. The normalized spacial score (nSPS) is 11.5. The van der Waals surface area contributed by atoms with Crippen LogP contribution in [0, 0.1) is 0 Å². The van der Waals surface area contributed by atoms with Crippen LogP contribution in [0.5, 0.6) is 11.5 Å². The Morgan fingerprint density at radius 3 is 2.43 bits per heavy atom. The van der Waals surface area contributed by atoms with Crippen molar-refractivity contribution >= 4 is 12.1 Å². The molecule has 30 heavy (non-hydrogen) atoms. The molecule has 0 radical (unpaired) electrons. The van der Waals surface area contributed by atoms with E-state index in [9.17, 15) is 4.79 Å². The van der Waals surface area contributed by atoms with Crippen molar-refractivity contribution in [2.75, 3.05) is 14.2 Å². The Labute approximate surface area is 176 Å². The van der Waals surface area contributed by atoms with E-state index in [4.69, 9.17) is 9.47 Å². The predicted molar refractivity (Wildman–Crippen MR) is 117 cm³/mol. The molecule has 7 heteroatoms. The van der Waals surface area contributed by atoms with Crippen molar-refractivity contribution in [3.05, 3.63) is 65.4 Å². The summed E-state index contributed by atoms with van der Waals surface area (Å²) in [4.78, 5) is 12.4. The van der Waals surface area contributed by atoms with E-state index in [1.807, 2.05) is 24.3 Å². The van der Waals surface area contributed by atoms with E-state index >= 15 is 0 Å². The van der Waals surface area contributed by atoms with E-state index < -0.39 is 0 Å². The quantitative estimate of drug-likeness (QED) is 0.475. The summed E-state index contributed by atoms with van der Waals surface area (Å²) in [5.74, 6) is 0.891. The number of amides is 1. The maximum Gasteiger partial charge on any atom is 0.289 e. The van der Waals surface area contributed by atoms with Crippen molar-refractivity contribution in [1.82, 2.24) is 15.6 Å². The number of aromatic nitrogens is 2. The lowest BCUT2D eigenvalue weighted by atomic mass is 9.87. The van der Waals surface area contributed by atoms with Gasteiger partial charge >= 0.3 is 0 Å². The van der Waals surface area contributed by atoms with E-state index in [0.29, 0.717) is 22.9 Å². The first-order valence-electron chi connectivity index (χ1n) is 9.53. The number of nitrogens with one attached hydrogen (secondary N) is 2. The van der Waals surface area contributed by atoms with Gasteiger partial charge < -0.3 is 9.47 Å². The van der Waals surface area contributed by atoms with Crippen LogP contribution in [0.4, 0.5) is 0 Å². The minimum atomic E-state index is -0.385. The maximum absolute atomic E-state index is 12.4. The fourth-order valence-corrected chi connectivity index (χ4v) is 2.88. The zero-order chi connectivity index (χ0) is 21.7. The van der Waals surface area contributed by atoms with E-state index in [2.05, 4.69) is 53.6 Å². The summed E-state index contributed by atoms with van der Waals surface area (Å²) < 4.78 is 10.6. The van der Waals surface area contributed by atoms with E-state index in [1.165, 1.54) is 5.56 Å². The zero-order valence-electron chi connectivity index (χ0n) is 17.8. The number of hydrazone groups is 1. The third kappa shape index (κ3) is 4.86. The standard InChI is InChI=1S/C23H26N4O3/c1-23(2,3)16-8-6-15(7-9-16)14-24-27-22(28)20-13-19(25-26-20)18-11-10-17(29-4)12-21(18)30-5/h6-14H,1-5H3,(H,25,26)(H,27,28). The van der Waals surface area contributed by atoms with Gasteiger partial charge in [-0.3, -0.25) is 9.89 Å². The molecule has 0 atom stereocenters. The molecule has 1 aromatic heterocycles. The van der Waals surface area contributed by atoms with Gasteiger partial charge in [0.2, 0.25) is 0 Å². The van der Waals surface area contributed by atoms with Gasteiger partial charge in [-0.1, -0.05) is 45.0 Å². The topological polar surface area (TPSA) is 88.6 Å². The Balaban J connectivity index is 1.68. The zero-order valence-corrected chi connectivity index (χ0v) is 17.8. The van der Waals surface area contributed by atoms with Gasteiger partial charge in [0.25, 0.3) is 5.91 Å². The highest BCUT2D eigenvalue weighted by atomic mass is 16.5. The van der Waals surface area contributed by atoms with Crippen LogP contribution < -0.4 is 14.9 Å². The van der Waals surface area contributed by atoms with Gasteiger partial charge in [-0.15, -0.1) is 0 Å². The number of hydrogen-bond acceptors (Lipinski definition) is 5. The second-order valence-corrected chi connectivity index (χ2v) is 7.80. The number of aromatic amines is 1. The predicted octanol–water partition coefficient (Wildman–Crippen LogP) is 4.16. The fourth-order valence-electron chi connectivity index (χ4n) is 2.88. The van der Waals surface area contributed by atoms with Crippen molar-refractivity contribution in [1.29, 1.82) is 0 Å². The van der Waals surface area contributed by atoms with Gasteiger partial charge in [-0.05, 0) is 34.7 Å². The van der Waals surface area contributed by atoms with Crippen LogP contribution in [0.1, 0.15) is 42.4 Å². The van der Waals surface area contributed by atoms with Gasteiger partial charge in [0.1, 0.15) is 17.2 Å². The summed E-state index contributed by atoms with van der Waals surface area (Å²) in [5, 5.41) is 11.0. The number of carbonyl (C=O) groups excluding carboxylic acids is 1. The van der Waals surface area contributed by atoms with Crippen LogP contribution >= 0.6 is 0 Å². The Hall–Kier alpha value is -3.61. The lowest BCUT2D eigenvalue weighted by Crippen LogP contribution is -2.18. The Morgan fingerprint density at radius 1 is 1.07 bits per heavy atom. The number of carbonyl (C=O) groups is 1. The van der Waals surface area contributed by atoms with Crippen LogP contribution in [0.3, 0.4) is 0 Å². The van der Waals surface area contributed by atoms with Gasteiger partial charge in [0.05, 0.1) is 26.1 Å². The molecular weight excluding hydrogens is 380 g/mol. The van der Waals surface area contributed by atoms with Gasteiger partial charge in [-0.2, -0.15) is 10.2 Å². The van der Waals surface area contributed by atoms with E-state index in [0.717, 1.165) is 11.1 Å². The average Bonchev–Trinajstić information content (AvgIpc) is 3.23. The second-order valence-electron chi connectivity index (χ2n) is 7.80. The fraction of sp³-hybridized carbons (Fsp3) is 0.261. The monoisotopic (exact) mass is 406 g/mol. The molecule has 3 aromatic rings. The minimum Gasteiger partial charge on any atom is -0.497 e. The highest BCUT2D eigenvalue weighted by Crippen LogP contribution is 2.32. The molecule has 0 aliphatic carbocycles. The Kier molecular flexibility index (Phi) is 6.20. The average molecular weight is 406 g/mol. The van der Waals surface area contributed by atoms with Crippen molar-refractivity contribution in [3.8, 4) is 22.8 Å². The number of nitrogens with zero attached hydrogens (tertiary/aromatic N) is 2. The number of rotatable bonds is 6. The summed E-state index contributed by atoms with van der Waals surface area (Å²) in [6.07, 6.45) is 1.61. The molecule has 2 aromatic carbocycles. The number of ether oxygens (including phenoxy) is 2. The minimum absolute atomic E-state index is 0.0920. The van der Waals surface area contributed by atoms with Crippen molar-refractivity contribution in [3.63, 3.8) is 0 Å². The molecule has 0 fully saturated rings. The van der Waals surface area contributed by atoms with E-state index in [1.54, 1.807) is 32.6 Å². The molecule has 2 N–H and O–H groups in total. The highest BCUT2D eigenvalue weighted by Gasteiger charge is 2.15. The molecule has 0 saturated heterocycles. The van der Waals surface area contributed by atoms with Crippen LogP contribution in [-0.4, -0.2) is 36.5 Å². The van der Waals surface area contributed by atoms with E-state index in [-0.39, 0.29) is 11.3 Å². The summed E-state index contributed by atoms with van der Waals surface area (Å²) in [7, 11) is 3.16. The molecule has 0 bridgehead atoms. The van der Waals surface area contributed by atoms with Crippen LogP contribution in [0.15, 0.2) is 53.6 Å². The smallest absolute Gasteiger partial charge is 0.289 e. The Morgan fingerprint density at radius 2 is 1.80 bits per heavy atom. The lowest BCUT2D eigenvalue weighted by Gasteiger charge is -2.18.